The van der Waals surface area contributed by atoms with E-state index in [0.717, 1.165) is 12.8 Å². The molecule has 1 amide bonds. The van der Waals surface area contributed by atoms with E-state index in [4.69, 9.17) is 11.6 Å². The van der Waals surface area contributed by atoms with Crippen molar-refractivity contribution >= 4 is 23.2 Å². The Kier molecular flexibility index (Phi) is 5.08. The second-order valence-electron chi connectivity index (χ2n) is 9.23. The van der Waals surface area contributed by atoms with Crippen molar-refractivity contribution in [1.82, 2.24) is 14.5 Å². The molecule has 2 aromatic heterocycles. The molecule has 1 fully saturated rings. The first-order valence-electron chi connectivity index (χ1n) is 11.5. The van der Waals surface area contributed by atoms with Crippen LogP contribution in [-0.2, 0) is 13.0 Å². The van der Waals surface area contributed by atoms with Crippen LogP contribution in [0.5, 0.6) is 5.75 Å². The number of fused-ring (bicyclic) bond motifs is 3. The van der Waals surface area contributed by atoms with Gasteiger partial charge in [0.2, 0.25) is 0 Å². The number of hydrogen-bond acceptors (Lipinski definition) is 6. The van der Waals surface area contributed by atoms with Crippen molar-refractivity contribution in [2.75, 3.05) is 11.4 Å². The number of aromatic hydroxyl groups is 1. The van der Waals surface area contributed by atoms with E-state index >= 15 is 0 Å². The molecule has 10 heteroatoms. The molecule has 0 saturated heterocycles. The second-order valence-corrected chi connectivity index (χ2v) is 9.64. The smallest absolute Gasteiger partial charge is 0.295 e. The van der Waals surface area contributed by atoms with Crippen molar-refractivity contribution < 1.29 is 19.4 Å². The van der Waals surface area contributed by atoms with Crippen LogP contribution in [0.15, 0.2) is 47.5 Å². The van der Waals surface area contributed by atoms with E-state index in [1.165, 1.54) is 27.7 Å². The summed E-state index contributed by atoms with van der Waals surface area (Å²) in [5.41, 5.74) is 1.34. The highest BCUT2D eigenvalue weighted by Crippen LogP contribution is 2.51. The minimum Gasteiger partial charge on any atom is -0.502 e. The molecular formula is C25H22ClFN4O4. The van der Waals surface area contributed by atoms with Gasteiger partial charge in [-0.2, -0.15) is 0 Å². The van der Waals surface area contributed by atoms with E-state index in [9.17, 15) is 24.2 Å². The van der Waals surface area contributed by atoms with Gasteiger partial charge in [-0.15, -0.1) is 0 Å². The summed E-state index contributed by atoms with van der Waals surface area (Å²) in [7, 11) is 0. The third-order valence-electron chi connectivity index (χ3n) is 7.06. The van der Waals surface area contributed by atoms with Crippen LogP contribution in [0.2, 0.25) is 5.02 Å². The van der Waals surface area contributed by atoms with Crippen LogP contribution in [0.4, 0.5) is 10.1 Å². The molecule has 0 spiro atoms. The zero-order chi connectivity index (χ0) is 24.4. The number of amides is 1. The molecule has 1 saturated carbocycles. The Hall–Kier alpha value is -3.43. The van der Waals surface area contributed by atoms with Crippen molar-refractivity contribution in [2.24, 2.45) is 5.92 Å². The molecule has 2 unspecified atom stereocenters. The number of halogens is 2. The number of rotatable bonds is 4. The Morgan fingerprint density at radius 1 is 1.20 bits per heavy atom. The lowest BCUT2D eigenvalue weighted by Crippen LogP contribution is -2.40. The van der Waals surface area contributed by atoms with E-state index in [1.807, 2.05) is 6.07 Å². The van der Waals surface area contributed by atoms with Gasteiger partial charge in [0.15, 0.2) is 12.0 Å². The fourth-order valence-corrected chi connectivity index (χ4v) is 5.53. The normalized spacial score (nSPS) is 21.3. The lowest BCUT2D eigenvalue weighted by Gasteiger charge is -2.30. The number of aliphatic hydroxyl groups excluding tert-OH is 1. The van der Waals surface area contributed by atoms with E-state index in [2.05, 4.69) is 4.98 Å². The molecule has 8 nitrogen and oxygen atoms in total. The van der Waals surface area contributed by atoms with Gasteiger partial charge in [-0.05, 0) is 60.6 Å². The molecular weight excluding hydrogens is 475 g/mol. The first-order valence-corrected chi connectivity index (χ1v) is 11.8. The minimum absolute atomic E-state index is 0.0454. The van der Waals surface area contributed by atoms with Crippen molar-refractivity contribution in [3.63, 3.8) is 0 Å². The first kappa shape index (κ1) is 22.1. The van der Waals surface area contributed by atoms with Crippen LogP contribution in [0.3, 0.4) is 0 Å². The zero-order valence-electron chi connectivity index (χ0n) is 18.6. The molecule has 2 aliphatic heterocycles. The monoisotopic (exact) mass is 496 g/mol. The quantitative estimate of drug-likeness (QED) is 0.574. The Labute approximate surface area is 204 Å². The van der Waals surface area contributed by atoms with E-state index in [1.54, 1.807) is 23.4 Å². The van der Waals surface area contributed by atoms with Crippen LogP contribution in [0, 0.1) is 11.7 Å². The summed E-state index contributed by atoms with van der Waals surface area (Å²) >= 11 is 5.88. The van der Waals surface area contributed by atoms with Crippen LogP contribution in [0.1, 0.15) is 52.4 Å². The molecule has 1 aromatic carbocycles. The van der Waals surface area contributed by atoms with Gasteiger partial charge in [0.1, 0.15) is 12.0 Å². The lowest BCUT2D eigenvalue weighted by atomic mass is 9.95. The van der Waals surface area contributed by atoms with E-state index in [-0.39, 0.29) is 23.0 Å². The molecule has 35 heavy (non-hydrogen) atoms. The van der Waals surface area contributed by atoms with Crippen molar-refractivity contribution in [2.45, 2.75) is 38.2 Å². The summed E-state index contributed by atoms with van der Waals surface area (Å²) in [6.45, 7) is 0.449. The van der Waals surface area contributed by atoms with Crippen LogP contribution in [0.25, 0.3) is 0 Å². The van der Waals surface area contributed by atoms with Gasteiger partial charge in [-0.1, -0.05) is 17.7 Å². The molecule has 3 aromatic rings. The molecule has 0 bridgehead atoms. The minimum atomic E-state index is -1.16. The maximum Gasteiger partial charge on any atom is 0.295 e. The van der Waals surface area contributed by atoms with Gasteiger partial charge in [-0.25, -0.2) is 4.39 Å². The predicted molar refractivity (Wildman–Crippen MR) is 126 cm³/mol. The first-order chi connectivity index (χ1) is 16.9. The number of pyridine rings is 2. The molecule has 180 valence electrons. The van der Waals surface area contributed by atoms with Crippen molar-refractivity contribution in [3.05, 3.63) is 86.3 Å². The average Bonchev–Trinajstić information content (AvgIpc) is 3.64. The molecule has 2 N–H and O–H groups in total. The van der Waals surface area contributed by atoms with Crippen molar-refractivity contribution in [1.29, 1.82) is 0 Å². The van der Waals surface area contributed by atoms with Gasteiger partial charge < -0.3 is 20.0 Å². The van der Waals surface area contributed by atoms with E-state index in [0.29, 0.717) is 35.5 Å². The van der Waals surface area contributed by atoms with Crippen molar-refractivity contribution in [3.8, 4) is 5.75 Å². The Balaban J connectivity index is 1.43. The fourth-order valence-electron chi connectivity index (χ4n) is 5.32. The third kappa shape index (κ3) is 3.41. The SMILES string of the molecule is O=C1c2c(c3n(c(=O)c2O)C(C2CC2)N(c2cccnc2)C3O)CCN1Cc1ccc(F)c(Cl)c1. The summed E-state index contributed by atoms with van der Waals surface area (Å²) in [5, 5.41) is 22.3. The maximum absolute atomic E-state index is 13.5. The van der Waals surface area contributed by atoms with Gasteiger partial charge in [0.25, 0.3) is 11.5 Å². The number of anilines is 1. The highest BCUT2D eigenvalue weighted by atomic mass is 35.5. The molecule has 6 rings (SSSR count). The van der Waals surface area contributed by atoms with Crippen LogP contribution >= 0.6 is 11.6 Å². The summed E-state index contributed by atoms with van der Waals surface area (Å²) in [5.74, 6) is -1.54. The van der Waals surface area contributed by atoms with Gasteiger partial charge in [0, 0.05) is 19.3 Å². The summed E-state index contributed by atoms with van der Waals surface area (Å²) in [6, 6.07) is 7.80. The topological polar surface area (TPSA) is 98.9 Å². The molecule has 0 radical (unpaired) electrons. The number of aliphatic hydroxyl groups is 1. The second kappa shape index (κ2) is 8.07. The number of aromatic nitrogens is 2. The van der Waals surface area contributed by atoms with Gasteiger partial charge in [-0.3, -0.25) is 19.1 Å². The van der Waals surface area contributed by atoms with Crippen LogP contribution < -0.4 is 10.5 Å². The van der Waals surface area contributed by atoms with Crippen LogP contribution in [-0.4, -0.2) is 37.1 Å². The Morgan fingerprint density at radius 3 is 2.69 bits per heavy atom. The number of carbonyl (C=O) groups excluding carboxylic acids is 1. The Bertz CT molecular complexity index is 1410. The number of carbonyl (C=O) groups is 1. The maximum atomic E-state index is 13.5. The van der Waals surface area contributed by atoms with E-state index < -0.39 is 35.4 Å². The zero-order valence-corrected chi connectivity index (χ0v) is 19.3. The molecule has 1 aliphatic carbocycles. The molecule has 3 aliphatic rings. The highest BCUT2D eigenvalue weighted by Gasteiger charge is 2.49. The van der Waals surface area contributed by atoms with Gasteiger partial charge >= 0.3 is 0 Å². The Morgan fingerprint density at radius 2 is 2.00 bits per heavy atom. The fraction of sp³-hybridized carbons (Fsp3) is 0.320. The number of benzene rings is 1. The third-order valence-corrected chi connectivity index (χ3v) is 7.35. The largest absolute Gasteiger partial charge is 0.502 e. The predicted octanol–water partition coefficient (Wildman–Crippen LogP) is 3.36. The number of hydrogen-bond donors (Lipinski definition) is 2. The van der Waals surface area contributed by atoms with Gasteiger partial charge in [0.05, 0.1) is 28.2 Å². The standard InChI is InChI=1S/C25H22ClFN4O4/c26-17-10-13(3-6-18(17)27)12-29-9-7-16-19(23(29)33)21(32)25(35)31-20(16)24(34)30(22(31)14-4-5-14)15-2-1-8-28-11-15/h1-3,6,8,10-11,14,22,24,32,34H,4-5,7,9,12H2. The number of nitrogens with zero attached hydrogens (tertiary/aromatic N) is 4. The molecule has 4 heterocycles. The summed E-state index contributed by atoms with van der Waals surface area (Å²) in [6.07, 6.45) is 3.75. The summed E-state index contributed by atoms with van der Waals surface area (Å²) < 4.78 is 15.0. The average molecular weight is 497 g/mol. The molecule has 2 atom stereocenters. The highest BCUT2D eigenvalue weighted by molar-refractivity contribution is 6.30. The summed E-state index contributed by atoms with van der Waals surface area (Å²) in [4.78, 5) is 34.3. The lowest BCUT2D eigenvalue weighted by molar-refractivity contribution is 0.0720.